The second-order valence-corrected chi connectivity index (χ2v) is 7.30. The van der Waals surface area contributed by atoms with Gasteiger partial charge in [0.05, 0.1) is 37.0 Å². The monoisotopic (exact) mass is 380 g/mol. The highest BCUT2D eigenvalue weighted by molar-refractivity contribution is 5.85. The third-order valence-corrected chi connectivity index (χ3v) is 5.17. The van der Waals surface area contributed by atoms with Crippen molar-refractivity contribution in [2.75, 3.05) is 26.7 Å². The molecule has 1 aliphatic heterocycles. The first kappa shape index (κ1) is 18.6. The SMILES string of the molecule is COC1CCN(CC(=O)Cc2cc3cc(-c4cn(C)nn4)cnc3cn2)CC1. The largest absolute Gasteiger partial charge is 0.381 e. The molecule has 0 spiro atoms. The Morgan fingerprint density at radius 1 is 1.21 bits per heavy atom. The molecule has 0 bridgehead atoms. The summed E-state index contributed by atoms with van der Waals surface area (Å²) < 4.78 is 7.05. The van der Waals surface area contributed by atoms with E-state index in [4.69, 9.17) is 4.74 Å². The van der Waals surface area contributed by atoms with Crippen LogP contribution in [0.1, 0.15) is 18.5 Å². The van der Waals surface area contributed by atoms with Crippen molar-refractivity contribution in [1.82, 2.24) is 29.9 Å². The van der Waals surface area contributed by atoms with Gasteiger partial charge in [-0.1, -0.05) is 5.21 Å². The molecule has 0 radical (unpaired) electrons. The predicted octanol–water partition coefficient (Wildman–Crippen LogP) is 1.65. The maximum atomic E-state index is 12.5. The van der Waals surface area contributed by atoms with Crippen molar-refractivity contribution in [3.63, 3.8) is 0 Å². The fourth-order valence-electron chi connectivity index (χ4n) is 3.60. The number of ether oxygens (including phenoxy) is 1. The Balaban J connectivity index is 1.44. The quantitative estimate of drug-likeness (QED) is 0.643. The molecule has 0 unspecified atom stereocenters. The average Bonchev–Trinajstić information content (AvgIpc) is 3.14. The van der Waals surface area contributed by atoms with Crippen LogP contribution in [0.2, 0.25) is 0 Å². The topological polar surface area (TPSA) is 86.0 Å². The van der Waals surface area contributed by atoms with Gasteiger partial charge in [0.15, 0.2) is 5.78 Å². The molecule has 0 saturated carbocycles. The van der Waals surface area contributed by atoms with Crippen LogP contribution in [0.15, 0.2) is 30.7 Å². The van der Waals surface area contributed by atoms with E-state index in [0.29, 0.717) is 19.1 Å². The molecule has 4 heterocycles. The molecule has 1 fully saturated rings. The van der Waals surface area contributed by atoms with Gasteiger partial charge in [0.1, 0.15) is 5.69 Å². The number of rotatable bonds is 6. The first-order chi connectivity index (χ1) is 13.6. The van der Waals surface area contributed by atoms with Crippen molar-refractivity contribution in [3.05, 3.63) is 36.4 Å². The number of aromatic nitrogens is 5. The number of hydrogen-bond acceptors (Lipinski definition) is 7. The molecular formula is C20H24N6O2. The number of Topliss-reactive ketones (excluding diaryl/α,β-unsaturated/α-hetero) is 1. The van der Waals surface area contributed by atoms with Gasteiger partial charge < -0.3 is 4.74 Å². The molecule has 8 heteroatoms. The minimum Gasteiger partial charge on any atom is -0.381 e. The minimum atomic E-state index is 0.181. The van der Waals surface area contributed by atoms with E-state index < -0.39 is 0 Å². The summed E-state index contributed by atoms with van der Waals surface area (Å²) in [5, 5.41) is 9.04. The van der Waals surface area contributed by atoms with Crippen molar-refractivity contribution >= 4 is 16.7 Å². The third kappa shape index (κ3) is 4.23. The molecule has 0 N–H and O–H groups in total. The summed E-state index contributed by atoms with van der Waals surface area (Å²) in [4.78, 5) is 23.6. The van der Waals surface area contributed by atoms with E-state index in [1.165, 1.54) is 0 Å². The normalized spacial score (nSPS) is 15.9. The molecule has 0 aromatic carbocycles. The third-order valence-electron chi connectivity index (χ3n) is 5.17. The van der Waals surface area contributed by atoms with Crippen molar-refractivity contribution < 1.29 is 9.53 Å². The molecule has 0 atom stereocenters. The number of nitrogens with zero attached hydrogens (tertiary/aromatic N) is 6. The fraction of sp³-hybridized carbons (Fsp3) is 0.450. The Kier molecular flexibility index (Phi) is 5.40. The number of carbonyl (C=O) groups is 1. The van der Waals surface area contributed by atoms with Crippen LogP contribution in [0.3, 0.4) is 0 Å². The lowest BCUT2D eigenvalue weighted by Crippen LogP contribution is -2.39. The summed E-state index contributed by atoms with van der Waals surface area (Å²) in [5.74, 6) is 0.181. The number of pyridine rings is 2. The van der Waals surface area contributed by atoms with Gasteiger partial charge in [-0.15, -0.1) is 5.10 Å². The Morgan fingerprint density at radius 3 is 2.75 bits per heavy atom. The molecule has 28 heavy (non-hydrogen) atoms. The molecule has 8 nitrogen and oxygen atoms in total. The second kappa shape index (κ2) is 8.12. The lowest BCUT2D eigenvalue weighted by atomic mass is 10.1. The number of piperidine rings is 1. The van der Waals surface area contributed by atoms with E-state index in [9.17, 15) is 4.79 Å². The number of likely N-dealkylation sites (tertiary alicyclic amines) is 1. The summed E-state index contributed by atoms with van der Waals surface area (Å²) in [7, 11) is 3.58. The zero-order valence-electron chi connectivity index (χ0n) is 16.2. The Hall–Kier alpha value is -2.71. The van der Waals surface area contributed by atoms with Crippen molar-refractivity contribution in [2.24, 2.45) is 7.05 Å². The fourth-order valence-corrected chi connectivity index (χ4v) is 3.60. The number of fused-ring (bicyclic) bond motifs is 1. The van der Waals surface area contributed by atoms with E-state index in [0.717, 1.165) is 53.8 Å². The lowest BCUT2D eigenvalue weighted by molar-refractivity contribution is -0.120. The van der Waals surface area contributed by atoms with Gasteiger partial charge in [0.25, 0.3) is 0 Å². The minimum absolute atomic E-state index is 0.181. The highest BCUT2D eigenvalue weighted by atomic mass is 16.5. The molecule has 1 aliphatic rings. The molecule has 4 rings (SSSR count). The first-order valence-electron chi connectivity index (χ1n) is 9.49. The van der Waals surface area contributed by atoms with Gasteiger partial charge in [0, 0.05) is 50.1 Å². The maximum Gasteiger partial charge on any atom is 0.152 e. The molecule has 3 aromatic rings. The average molecular weight is 380 g/mol. The van der Waals surface area contributed by atoms with E-state index in [-0.39, 0.29) is 5.78 Å². The first-order valence-corrected chi connectivity index (χ1v) is 9.49. The van der Waals surface area contributed by atoms with Crippen LogP contribution in [0.5, 0.6) is 0 Å². The smallest absolute Gasteiger partial charge is 0.152 e. The summed E-state index contributed by atoms with van der Waals surface area (Å²) >= 11 is 0. The van der Waals surface area contributed by atoms with Gasteiger partial charge in [-0.2, -0.15) is 0 Å². The lowest BCUT2D eigenvalue weighted by Gasteiger charge is -2.30. The highest BCUT2D eigenvalue weighted by Crippen LogP contribution is 2.21. The van der Waals surface area contributed by atoms with E-state index >= 15 is 0 Å². The zero-order chi connectivity index (χ0) is 19.5. The molecular weight excluding hydrogens is 356 g/mol. The number of hydrogen-bond donors (Lipinski definition) is 0. The van der Waals surface area contributed by atoms with Crippen molar-refractivity contribution in [2.45, 2.75) is 25.4 Å². The predicted molar refractivity (Wildman–Crippen MR) is 105 cm³/mol. The van der Waals surface area contributed by atoms with Gasteiger partial charge >= 0.3 is 0 Å². The van der Waals surface area contributed by atoms with Crippen molar-refractivity contribution in [3.8, 4) is 11.3 Å². The number of carbonyl (C=O) groups excluding carboxylic acids is 1. The molecule has 1 saturated heterocycles. The summed E-state index contributed by atoms with van der Waals surface area (Å²) in [6.07, 6.45) is 7.95. The van der Waals surface area contributed by atoms with Gasteiger partial charge in [-0.05, 0) is 25.0 Å². The molecule has 146 valence electrons. The van der Waals surface area contributed by atoms with Crippen LogP contribution < -0.4 is 0 Å². The van der Waals surface area contributed by atoms with Crippen LogP contribution in [0, 0.1) is 0 Å². The van der Waals surface area contributed by atoms with Gasteiger partial charge in [-0.3, -0.25) is 24.3 Å². The molecule has 0 aliphatic carbocycles. The van der Waals surface area contributed by atoms with Crippen LogP contribution in [0.25, 0.3) is 22.2 Å². The Morgan fingerprint density at radius 2 is 2.04 bits per heavy atom. The van der Waals surface area contributed by atoms with Gasteiger partial charge in [-0.25, -0.2) is 0 Å². The zero-order valence-corrected chi connectivity index (χ0v) is 16.2. The van der Waals surface area contributed by atoms with E-state index in [2.05, 4.69) is 25.2 Å². The maximum absolute atomic E-state index is 12.5. The standard InChI is InChI=1S/C20H24N6O2/c1-25-13-20(23-24-25)15-7-14-8-16(21-11-19(14)22-10-15)9-17(27)12-26-5-3-18(28-2)4-6-26/h7-8,10-11,13,18H,3-6,9,12H2,1-2H3. The van der Waals surface area contributed by atoms with Crippen LogP contribution in [-0.2, 0) is 23.0 Å². The van der Waals surface area contributed by atoms with Crippen LogP contribution in [-0.4, -0.2) is 68.5 Å². The molecule has 0 amide bonds. The second-order valence-electron chi connectivity index (χ2n) is 7.30. The van der Waals surface area contributed by atoms with Gasteiger partial charge in [0.2, 0.25) is 0 Å². The Labute approximate surface area is 163 Å². The van der Waals surface area contributed by atoms with Crippen LogP contribution in [0.4, 0.5) is 0 Å². The summed E-state index contributed by atoms with van der Waals surface area (Å²) in [5.41, 5.74) is 3.23. The summed E-state index contributed by atoms with van der Waals surface area (Å²) in [6, 6.07) is 3.95. The van der Waals surface area contributed by atoms with E-state index in [1.807, 2.05) is 25.4 Å². The highest BCUT2D eigenvalue weighted by Gasteiger charge is 2.20. The van der Waals surface area contributed by atoms with E-state index in [1.54, 1.807) is 24.2 Å². The van der Waals surface area contributed by atoms with Crippen molar-refractivity contribution in [1.29, 1.82) is 0 Å². The summed E-state index contributed by atoms with van der Waals surface area (Å²) in [6.45, 7) is 2.27. The van der Waals surface area contributed by atoms with Crippen LogP contribution >= 0.6 is 0 Å². The Bertz CT molecular complexity index is 978. The number of ketones is 1. The number of methoxy groups -OCH3 is 1. The number of aryl methyl sites for hydroxylation is 1. The molecule has 3 aromatic heterocycles.